The van der Waals surface area contributed by atoms with Crippen molar-refractivity contribution in [2.24, 2.45) is 11.7 Å². The molecule has 118 valence electrons. The molecule has 1 heterocycles. The molecule has 1 aromatic heterocycles. The zero-order chi connectivity index (χ0) is 16.3. The van der Waals surface area contributed by atoms with Crippen LogP contribution in [0.2, 0.25) is 0 Å². The van der Waals surface area contributed by atoms with Gasteiger partial charge in [0.05, 0.1) is 11.5 Å². The number of nitrogens with one attached hydrogen (secondary N) is 1. The monoisotopic (exact) mass is 312 g/mol. The highest BCUT2D eigenvalue weighted by Gasteiger charge is 2.34. The zero-order valence-corrected chi connectivity index (χ0v) is 11.7. The van der Waals surface area contributed by atoms with Gasteiger partial charge in [0.25, 0.3) is 0 Å². The van der Waals surface area contributed by atoms with Crippen molar-refractivity contribution in [3.63, 3.8) is 0 Å². The summed E-state index contributed by atoms with van der Waals surface area (Å²) in [5, 5.41) is 11.8. The van der Waals surface area contributed by atoms with E-state index in [1.54, 1.807) is 6.07 Å². The molecule has 1 aromatic rings. The number of alkyl halides is 3. The number of nitrogens with two attached hydrogens (primary N) is 1. The first kappa shape index (κ1) is 16.1. The van der Waals surface area contributed by atoms with Crippen molar-refractivity contribution in [2.45, 2.75) is 37.9 Å². The molecule has 3 N–H and O–H groups in total. The number of amides is 1. The number of aromatic nitrogens is 1. The fourth-order valence-corrected chi connectivity index (χ4v) is 2.64. The molecule has 0 bridgehead atoms. The third kappa shape index (κ3) is 3.47. The number of carbonyl (C=O) groups excluding carboxylic acids is 1. The van der Waals surface area contributed by atoms with Crippen molar-refractivity contribution in [1.29, 1.82) is 5.26 Å². The van der Waals surface area contributed by atoms with Gasteiger partial charge < -0.3 is 11.1 Å². The number of nitriles is 1. The van der Waals surface area contributed by atoms with Crippen molar-refractivity contribution in [2.75, 3.05) is 5.32 Å². The molecular formula is C14H15F3N4O. The van der Waals surface area contributed by atoms with Gasteiger partial charge in [0, 0.05) is 6.04 Å². The number of rotatable bonds is 3. The molecule has 0 aliphatic heterocycles. The van der Waals surface area contributed by atoms with E-state index in [4.69, 9.17) is 11.0 Å². The fourth-order valence-electron chi connectivity index (χ4n) is 2.64. The smallest absolute Gasteiger partial charge is 0.369 e. The number of nitrogens with zero attached hydrogens (tertiary/aromatic N) is 2. The molecule has 0 aromatic carbocycles. The van der Waals surface area contributed by atoms with Gasteiger partial charge in [-0.2, -0.15) is 18.4 Å². The molecule has 2 rings (SSSR count). The molecule has 1 fully saturated rings. The minimum absolute atomic E-state index is 0.00166. The maximum Gasteiger partial charge on any atom is 0.433 e. The molecule has 1 aliphatic carbocycles. The van der Waals surface area contributed by atoms with Crippen LogP contribution in [0.5, 0.6) is 0 Å². The predicted octanol–water partition coefficient (Wildman–Crippen LogP) is 2.43. The highest BCUT2D eigenvalue weighted by atomic mass is 19.4. The Morgan fingerprint density at radius 3 is 2.64 bits per heavy atom. The number of hydrogen-bond donors (Lipinski definition) is 2. The van der Waals surface area contributed by atoms with Crippen molar-refractivity contribution in [3.8, 4) is 6.07 Å². The first-order valence-electron chi connectivity index (χ1n) is 6.87. The van der Waals surface area contributed by atoms with Crippen LogP contribution in [0.25, 0.3) is 0 Å². The molecule has 1 amide bonds. The SMILES string of the molecule is N#Cc1ccc(C(F)(F)F)nc1NC1CCCCC1C(N)=O. The predicted molar refractivity (Wildman–Crippen MR) is 72.5 cm³/mol. The largest absolute Gasteiger partial charge is 0.433 e. The van der Waals surface area contributed by atoms with Crippen LogP contribution < -0.4 is 11.1 Å². The summed E-state index contributed by atoms with van der Waals surface area (Å²) >= 11 is 0. The number of anilines is 1. The zero-order valence-electron chi connectivity index (χ0n) is 11.7. The van der Waals surface area contributed by atoms with Gasteiger partial charge in [0.15, 0.2) is 0 Å². The molecule has 0 saturated heterocycles. The summed E-state index contributed by atoms with van der Waals surface area (Å²) in [6.45, 7) is 0. The third-order valence-corrected chi connectivity index (χ3v) is 3.76. The normalized spacial score (nSPS) is 21.9. The van der Waals surface area contributed by atoms with E-state index in [1.165, 1.54) is 0 Å². The van der Waals surface area contributed by atoms with Crippen LogP contribution >= 0.6 is 0 Å². The Bertz CT molecular complexity index is 609. The lowest BCUT2D eigenvalue weighted by Crippen LogP contribution is -2.40. The summed E-state index contributed by atoms with van der Waals surface area (Å²) in [6.07, 6.45) is -1.75. The fraction of sp³-hybridized carbons (Fsp3) is 0.500. The van der Waals surface area contributed by atoms with Crippen molar-refractivity contribution in [1.82, 2.24) is 4.98 Å². The second-order valence-corrected chi connectivity index (χ2v) is 5.25. The molecule has 22 heavy (non-hydrogen) atoms. The topological polar surface area (TPSA) is 91.8 Å². The Hall–Kier alpha value is -2.30. The maximum atomic E-state index is 12.7. The van der Waals surface area contributed by atoms with Gasteiger partial charge in [-0.15, -0.1) is 0 Å². The van der Waals surface area contributed by atoms with Crippen LogP contribution in [0.3, 0.4) is 0 Å². The van der Waals surface area contributed by atoms with Crippen molar-refractivity contribution >= 4 is 11.7 Å². The molecule has 8 heteroatoms. The summed E-state index contributed by atoms with van der Waals surface area (Å²) < 4.78 is 38.2. The third-order valence-electron chi connectivity index (χ3n) is 3.76. The van der Waals surface area contributed by atoms with Crippen LogP contribution in [0, 0.1) is 17.2 Å². The van der Waals surface area contributed by atoms with Gasteiger partial charge >= 0.3 is 6.18 Å². The van der Waals surface area contributed by atoms with E-state index in [0.717, 1.165) is 25.0 Å². The number of halogens is 3. The second kappa shape index (κ2) is 6.22. The van der Waals surface area contributed by atoms with Gasteiger partial charge in [-0.1, -0.05) is 12.8 Å². The number of hydrogen-bond acceptors (Lipinski definition) is 4. The van der Waals surface area contributed by atoms with Crippen molar-refractivity contribution in [3.05, 3.63) is 23.4 Å². The standard InChI is InChI=1S/C14H15F3N4O/c15-14(16,17)11-6-5-8(7-18)13(21-11)20-10-4-2-1-3-9(10)12(19)22/h5-6,9-10H,1-4H2,(H2,19,22)(H,20,21). The lowest BCUT2D eigenvalue weighted by Gasteiger charge is -2.30. The van der Waals surface area contributed by atoms with E-state index in [1.807, 2.05) is 0 Å². The summed E-state index contributed by atoms with van der Waals surface area (Å²) in [5.74, 6) is -1.13. The van der Waals surface area contributed by atoms with Crippen LogP contribution in [0.4, 0.5) is 19.0 Å². The Labute approximate surface area is 125 Å². The minimum Gasteiger partial charge on any atom is -0.369 e. The van der Waals surface area contributed by atoms with Crippen LogP contribution in [-0.4, -0.2) is 16.9 Å². The number of carbonyl (C=O) groups is 1. The van der Waals surface area contributed by atoms with Gasteiger partial charge in [-0.25, -0.2) is 4.98 Å². The van der Waals surface area contributed by atoms with E-state index >= 15 is 0 Å². The Kier molecular flexibility index (Phi) is 4.54. The van der Waals surface area contributed by atoms with Crippen LogP contribution in [0.1, 0.15) is 36.9 Å². The van der Waals surface area contributed by atoms with Gasteiger partial charge in [0.1, 0.15) is 17.6 Å². The number of pyridine rings is 1. The summed E-state index contributed by atoms with van der Waals surface area (Å²) in [7, 11) is 0. The van der Waals surface area contributed by atoms with Crippen molar-refractivity contribution < 1.29 is 18.0 Å². The van der Waals surface area contributed by atoms with Gasteiger partial charge in [-0.3, -0.25) is 4.79 Å². The van der Waals surface area contributed by atoms with Crippen LogP contribution in [0.15, 0.2) is 12.1 Å². The van der Waals surface area contributed by atoms with Gasteiger partial charge in [0.2, 0.25) is 5.91 Å². The minimum atomic E-state index is -4.60. The summed E-state index contributed by atoms with van der Waals surface area (Å²) in [6, 6.07) is 3.22. The van der Waals surface area contributed by atoms with E-state index < -0.39 is 29.7 Å². The van der Waals surface area contributed by atoms with E-state index in [-0.39, 0.29) is 11.4 Å². The molecule has 2 atom stereocenters. The Morgan fingerprint density at radius 1 is 1.36 bits per heavy atom. The maximum absolute atomic E-state index is 12.7. The number of primary amides is 1. The average molecular weight is 312 g/mol. The summed E-state index contributed by atoms with van der Waals surface area (Å²) in [5.41, 5.74) is 4.26. The molecule has 1 aliphatic rings. The quantitative estimate of drug-likeness (QED) is 0.896. The summed E-state index contributed by atoms with van der Waals surface area (Å²) in [4.78, 5) is 14.9. The van der Waals surface area contributed by atoms with Crippen LogP contribution in [-0.2, 0) is 11.0 Å². The van der Waals surface area contributed by atoms with E-state index in [0.29, 0.717) is 12.8 Å². The lowest BCUT2D eigenvalue weighted by atomic mass is 9.84. The second-order valence-electron chi connectivity index (χ2n) is 5.25. The van der Waals surface area contributed by atoms with Gasteiger partial charge in [-0.05, 0) is 25.0 Å². The average Bonchev–Trinajstić information content (AvgIpc) is 2.46. The first-order valence-corrected chi connectivity index (χ1v) is 6.87. The van der Waals surface area contributed by atoms with E-state index in [9.17, 15) is 18.0 Å². The molecular weight excluding hydrogens is 297 g/mol. The Morgan fingerprint density at radius 2 is 2.05 bits per heavy atom. The molecule has 0 spiro atoms. The highest BCUT2D eigenvalue weighted by Crippen LogP contribution is 2.31. The molecule has 1 saturated carbocycles. The lowest BCUT2D eigenvalue weighted by molar-refractivity contribution is -0.141. The Balaban J connectivity index is 2.31. The highest BCUT2D eigenvalue weighted by molar-refractivity contribution is 5.78. The first-order chi connectivity index (χ1) is 10.3. The molecule has 0 radical (unpaired) electrons. The molecule has 5 nitrogen and oxygen atoms in total. The molecule has 2 unspecified atom stereocenters. The van der Waals surface area contributed by atoms with E-state index in [2.05, 4.69) is 10.3 Å².